The number of H-pyrrole nitrogens is 1. The van der Waals surface area contributed by atoms with Crippen LogP contribution >= 0.6 is 0 Å². The number of rotatable bonds is 8. The second-order valence-corrected chi connectivity index (χ2v) is 8.62. The summed E-state index contributed by atoms with van der Waals surface area (Å²) in [5.74, 6) is 1.20. The molecule has 0 aliphatic carbocycles. The fourth-order valence-electron chi connectivity index (χ4n) is 4.30. The molecular weight excluding hydrogens is 442 g/mol. The molecule has 7 heteroatoms. The summed E-state index contributed by atoms with van der Waals surface area (Å²) in [7, 11) is 0. The maximum absolute atomic E-state index is 12.8. The Hall–Kier alpha value is -4.26. The molecule has 1 aromatic heterocycles. The third-order valence-electron chi connectivity index (χ3n) is 6.00. The Kier molecular flexibility index (Phi) is 6.39. The lowest BCUT2D eigenvalue weighted by Gasteiger charge is -2.30. The number of aryl methyl sites for hydroxylation is 1. The van der Waals surface area contributed by atoms with Gasteiger partial charge in [-0.05, 0) is 60.9 Å². The molecule has 3 aromatic carbocycles. The zero-order valence-corrected chi connectivity index (χ0v) is 19.5. The van der Waals surface area contributed by atoms with E-state index in [9.17, 15) is 9.59 Å². The molecule has 0 spiro atoms. The number of nitrogens with one attached hydrogen (secondary N) is 2. The molecule has 1 aliphatic rings. The van der Waals surface area contributed by atoms with Crippen molar-refractivity contribution in [2.75, 3.05) is 30.0 Å². The molecule has 0 radical (unpaired) electrons. The van der Waals surface area contributed by atoms with Crippen molar-refractivity contribution in [3.63, 3.8) is 0 Å². The molecule has 0 fully saturated rings. The fourth-order valence-corrected chi connectivity index (χ4v) is 4.30. The number of anilines is 2. The normalized spacial score (nSPS) is 12.8. The van der Waals surface area contributed by atoms with Gasteiger partial charge >= 0.3 is 0 Å². The Bertz CT molecular complexity index is 1380. The second kappa shape index (κ2) is 9.93. The summed E-state index contributed by atoms with van der Waals surface area (Å²) in [5, 5.41) is 3.99. The third-order valence-corrected chi connectivity index (χ3v) is 6.00. The number of benzene rings is 3. The fraction of sp³-hybridized carbons (Fsp3) is 0.214. The van der Waals surface area contributed by atoms with Gasteiger partial charge in [0.15, 0.2) is 6.61 Å². The molecule has 7 nitrogen and oxygen atoms in total. The van der Waals surface area contributed by atoms with Crippen molar-refractivity contribution in [3.05, 3.63) is 84.1 Å². The van der Waals surface area contributed by atoms with Crippen LogP contribution in [0.15, 0.2) is 72.9 Å². The summed E-state index contributed by atoms with van der Waals surface area (Å²) >= 11 is 0. The van der Waals surface area contributed by atoms with Gasteiger partial charge in [0.2, 0.25) is 5.91 Å². The number of nitrogens with zero attached hydrogens (tertiary/aromatic N) is 1. The van der Waals surface area contributed by atoms with Gasteiger partial charge in [0.05, 0.1) is 18.7 Å². The number of carbonyl (C=O) groups is 2. The molecule has 5 rings (SSSR count). The van der Waals surface area contributed by atoms with E-state index in [0.717, 1.165) is 27.8 Å². The number of hydrogen-bond donors (Lipinski definition) is 2. The van der Waals surface area contributed by atoms with Crippen LogP contribution < -0.4 is 19.7 Å². The van der Waals surface area contributed by atoms with Gasteiger partial charge in [0, 0.05) is 29.3 Å². The quantitative estimate of drug-likeness (QED) is 0.361. The number of aromatic nitrogens is 1. The second-order valence-electron chi connectivity index (χ2n) is 8.62. The molecule has 35 heavy (non-hydrogen) atoms. The molecule has 2 amide bonds. The molecule has 0 unspecified atom stereocenters. The Morgan fingerprint density at radius 1 is 1.11 bits per heavy atom. The Balaban J connectivity index is 1.23. The highest BCUT2D eigenvalue weighted by Crippen LogP contribution is 2.35. The van der Waals surface area contributed by atoms with E-state index in [0.29, 0.717) is 36.7 Å². The van der Waals surface area contributed by atoms with E-state index < -0.39 is 0 Å². The third kappa shape index (κ3) is 5.14. The zero-order valence-electron chi connectivity index (χ0n) is 19.5. The van der Waals surface area contributed by atoms with Crippen molar-refractivity contribution in [1.29, 1.82) is 0 Å². The van der Waals surface area contributed by atoms with Crippen LogP contribution in [0.3, 0.4) is 0 Å². The van der Waals surface area contributed by atoms with Gasteiger partial charge in [-0.3, -0.25) is 9.59 Å². The molecule has 0 saturated carbocycles. The first-order chi connectivity index (χ1) is 17.1. The summed E-state index contributed by atoms with van der Waals surface area (Å²) in [5.41, 5.74) is 4.35. The van der Waals surface area contributed by atoms with E-state index in [1.165, 1.54) is 0 Å². The van der Waals surface area contributed by atoms with Gasteiger partial charge in [-0.1, -0.05) is 30.3 Å². The van der Waals surface area contributed by atoms with Crippen LogP contribution in [0.1, 0.15) is 17.5 Å². The van der Waals surface area contributed by atoms with Gasteiger partial charge in [-0.2, -0.15) is 0 Å². The summed E-state index contributed by atoms with van der Waals surface area (Å²) in [6, 6.07) is 21.2. The highest BCUT2D eigenvalue weighted by Gasteiger charge is 2.25. The van der Waals surface area contributed by atoms with Crippen LogP contribution in [0.25, 0.3) is 10.9 Å². The van der Waals surface area contributed by atoms with Crippen molar-refractivity contribution in [3.8, 4) is 11.5 Å². The monoisotopic (exact) mass is 469 g/mol. The number of carbonyl (C=O) groups excluding carboxylic acids is 2. The maximum atomic E-state index is 12.8. The molecule has 0 saturated heterocycles. The lowest BCUT2D eigenvalue weighted by atomic mass is 10.1. The molecule has 178 valence electrons. The van der Waals surface area contributed by atoms with Gasteiger partial charge in [-0.15, -0.1) is 0 Å². The average Bonchev–Trinajstić information content (AvgIpc) is 3.25. The molecule has 0 bridgehead atoms. The van der Waals surface area contributed by atoms with Gasteiger partial charge in [0.1, 0.15) is 11.5 Å². The summed E-state index contributed by atoms with van der Waals surface area (Å²) < 4.78 is 11.4. The van der Waals surface area contributed by atoms with E-state index in [1.807, 2.05) is 61.7 Å². The molecular formula is C28H27N3O4. The topological polar surface area (TPSA) is 83.7 Å². The van der Waals surface area contributed by atoms with Gasteiger partial charge in [-0.25, -0.2) is 0 Å². The maximum Gasteiger partial charge on any atom is 0.265 e. The molecule has 2 N–H and O–H groups in total. The van der Waals surface area contributed by atoms with E-state index in [2.05, 4.69) is 10.3 Å². The van der Waals surface area contributed by atoms with Crippen LogP contribution in [0.4, 0.5) is 11.4 Å². The standard InChI is InChI=1S/C28H27N3O4/c1-19-6-4-7-22(14-19)34-13-5-12-31-25-16-21(10-11-26(25)35-18-28(31)33)30-27(32)15-20-17-29-24-9-3-2-8-23(20)24/h2-4,6-11,14,16-17,29H,5,12-13,15,18H2,1H3,(H,30,32). The first-order valence-electron chi connectivity index (χ1n) is 11.7. The average molecular weight is 470 g/mol. The number of amides is 2. The summed E-state index contributed by atoms with van der Waals surface area (Å²) in [4.78, 5) is 30.3. The first kappa shape index (κ1) is 22.5. The van der Waals surface area contributed by atoms with E-state index in [1.54, 1.807) is 23.1 Å². The van der Waals surface area contributed by atoms with Crippen molar-refractivity contribution >= 4 is 34.1 Å². The van der Waals surface area contributed by atoms with Gasteiger partial charge in [0.25, 0.3) is 5.91 Å². The lowest BCUT2D eigenvalue weighted by Crippen LogP contribution is -2.39. The predicted octanol–water partition coefficient (Wildman–Crippen LogP) is 4.85. The van der Waals surface area contributed by atoms with Crippen LogP contribution in [0.2, 0.25) is 0 Å². The Morgan fingerprint density at radius 2 is 2.00 bits per heavy atom. The summed E-state index contributed by atoms with van der Waals surface area (Å²) in [6.07, 6.45) is 2.77. The Labute approximate surface area is 203 Å². The molecule has 4 aromatic rings. The molecule has 2 heterocycles. The van der Waals surface area contributed by atoms with Crippen molar-refractivity contribution in [2.45, 2.75) is 19.8 Å². The van der Waals surface area contributed by atoms with Crippen LogP contribution in [-0.2, 0) is 16.0 Å². The zero-order chi connectivity index (χ0) is 24.2. The largest absolute Gasteiger partial charge is 0.494 e. The minimum absolute atomic E-state index is 0.00198. The molecule has 0 atom stereocenters. The van der Waals surface area contributed by atoms with Crippen molar-refractivity contribution in [2.24, 2.45) is 0 Å². The SMILES string of the molecule is Cc1cccc(OCCCN2C(=O)COc3ccc(NC(=O)Cc4c[nH]c5ccccc45)cc32)c1. The first-order valence-corrected chi connectivity index (χ1v) is 11.7. The van der Waals surface area contributed by atoms with Crippen LogP contribution in [0, 0.1) is 6.92 Å². The highest BCUT2D eigenvalue weighted by atomic mass is 16.5. The summed E-state index contributed by atoms with van der Waals surface area (Å²) in [6.45, 7) is 3.00. The minimum Gasteiger partial charge on any atom is -0.494 e. The number of para-hydroxylation sites is 1. The van der Waals surface area contributed by atoms with Crippen LogP contribution in [0.5, 0.6) is 11.5 Å². The Morgan fingerprint density at radius 3 is 2.89 bits per heavy atom. The number of hydrogen-bond acceptors (Lipinski definition) is 4. The number of ether oxygens (including phenoxy) is 2. The number of fused-ring (bicyclic) bond motifs is 2. The predicted molar refractivity (Wildman–Crippen MR) is 136 cm³/mol. The molecule has 1 aliphatic heterocycles. The van der Waals surface area contributed by atoms with E-state index in [4.69, 9.17) is 9.47 Å². The highest BCUT2D eigenvalue weighted by molar-refractivity contribution is 6.00. The van der Waals surface area contributed by atoms with E-state index in [-0.39, 0.29) is 24.8 Å². The van der Waals surface area contributed by atoms with E-state index >= 15 is 0 Å². The van der Waals surface area contributed by atoms with Crippen molar-refractivity contribution in [1.82, 2.24) is 4.98 Å². The van der Waals surface area contributed by atoms with Crippen molar-refractivity contribution < 1.29 is 19.1 Å². The van der Waals surface area contributed by atoms with Crippen LogP contribution in [-0.4, -0.2) is 36.6 Å². The minimum atomic E-state index is -0.129. The van der Waals surface area contributed by atoms with Gasteiger partial charge < -0.3 is 24.7 Å². The number of aromatic amines is 1. The lowest BCUT2D eigenvalue weighted by molar-refractivity contribution is -0.121. The smallest absolute Gasteiger partial charge is 0.265 e.